The van der Waals surface area contributed by atoms with Crippen LogP contribution in [0.1, 0.15) is 5.56 Å². The van der Waals surface area contributed by atoms with Gasteiger partial charge < -0.3 is 9.47 Å². The molecule has 10 nitrogen and oxygen atoms in total. The molecular formula is C19H19F7N3O7P. The van der Waals surface area contributed by atoms with Gasteiger partial charge in [-0.05, 0) is 5.56 Å². The highest BCUT2D eigenvalue weighted by molar-refractivity contribution is 7.53. The van der Waals surface area contributed by atoms with Crippen molar-refractivity contribution in [3.05, 3.63) is 58.4 Å². The average molecular weight is 565 g/mol. The molecule has 206 valence electrons. The zero-order valence-corrected chi connectivity index (χ0v) is 19.4. The Bertz CT molecular complexity index is 1120. The number of aromatic nitrogens is 2. The summed E-state index contributed by atoms with van der Waals surface area (Å²) in [4.78, 5) is 27.2. The van der Waals surface area contributed by atoms with Crippen LogP contribution in [0.3, 0.4) is 0 Å². The second-order valence-electron chi connectivity index (χ2n) is 7.03. The zero-order chi connectivity index (χ0) is 27.7. The molecule has 0 saturated carbocycles. The standard InChI is InChI=1S/C19H19F7N3O7P/c20-14-8-29(16(30)27-15(14)28-17(31)34-9-13-4-2-1-3-5-13)6-7-33-12-37(32,35-10-18(21,22)23)36-11-19(24,25)26/h1-5,8H,6-7,9-12H2,(H,27,28,30,31). The van der Waals surface area contributed by atoms with Crippen LogP contribution in [-0.4, -0.2) is 54.2 Å². The van der Waals surface area contributed by atoms with E-state index in [0.29, 0.717) is 16.3 Å². The lowest BCUT2D eigenvalue weighted by Crippen LogP contribution is -2.28. The van der Waals surface area contributed by atoms with E-state index in [1.165, 1.54) is 0 Å². The molecule has 1 amide bonds. The van der Waals surface area contributed by atoms with Crippen LogP contribution < -0.4 is 11.0 Å². The van der Waals surface area contributed by atoms with Gasteiger partial charge in [0.15, 0.2) is 24.8 Å². The summed E-state index contributed by atoms with van der Waals surface area (Å²) in [5.41, 5.74) is -0.466. The number of amides is 1. The van der Waals surface area contributed by atoms with E-state index >= 15 is 0 Å². The van der Waals surface area contributed by atoms with Crippen LogP contribution in [0.4, 0.5) is 41.3 Å². The third-order valence-electron chi connectivity index (χ3n) is 3.96. The highest BCUT2D eigenvalue weighted by Gasteiger charge is 2.38. The van der Waals surface area contributed by atoms with Gasteiger partial charge in [-0.3, -0.25) is 23.5 Å². The van der Waals surface area contributed by atoms with Crippen LogP contribution in [0.25, 0.3) is 0 Å². The van der Waals surface area contributed by atoms with Crippen molar-refractivity contribution in [2.45, 2.75) is 25.5 Å². The normalized spacial score (nSPS) is 12.4. The third-order valence-corrected chi connectivity index (χ3v) is 5.50. The number of ether oxygens (including phenoxy) is 2. The fraction of sp³-hybridized carbons (Fsp3) is 0.421. The number of rotatable bonds is 12. The van der Waals surface area contributed by atoms with Gasteiger partial charge in [0.25, 0.3) is 0 Å². The van der Waals surface area contributed by atoms with E-state index in [0.717, 1.165) is 0 Å². The van der Waals surface area contributed by atoms with Crippen molar-refractivity contribution in [1.29, 1.82) is 0 Å². The van der Waals surface area contributed by atoms with Gasteiger partial charge in [-0.2, -0.15) is 31.3 Å². The molecule has 2 rings (SSSR count). The van der Waals surface area contributed by atoms with Gasteiger partial charge in [0.1, 0.15) is 13.0 Å². The smallest absolute Gasteiger partial charge is 0.413 e. The van der Waals surface area contributed by atoms with Crippen LogP contribution in [0.5, 0.6) is 0 Å². The molecule has 0 spiro atoms. The number of nitrogens with one attached hydrogen (secondary N) is 1. The van der Waals surface area contributed by atoms with Crippen molar-refractivity contribution in [2.75, 3.05) is 31.5 Å². The van der Waals surface area contributed by atoms with Crippen molar-refractivity contribution < 1.29 is 58.6 Å². The monoisotopic (exact) mass is 565 g/mol. The highest BCUT2D eigenvalue weighted by Crippen LogP contribution is 2.50. The largest absolute Gasteiger partial charge is 0.444 e. The Morgan fingerprint density at radius 3 is 2.19 bits per heavy atom. The number of alkyl halides is 6. The summed E-state index contributed by atoms with van der Waals surface area (Å²) < 4.78 is 118. The Labute approximate surface area is 203 Å². The van der Waals surface area contributed by atoms with Gasteiger partial charge in [0, 0.05) is 6.20 Å². The van der Waals surface area contributed by atoms with Gasteiger partial charge in [-0.15, -0.1) is 0 Å². The number of nitrogens with zero attached hydrogens (tertiary/aromatic N) is 2. The molecule has 0 atom stereocenters. The first kappa shape index (κ1) is 30.2. The van der Waals surface area contributed by atoms with Crippen molar-refractivity contribution in [3.63, 3.8) is 0 Å². The lowest BCUT2D eigenvalue weighted by Gasteiger charge is -2.20. The van der Waals surface area contributed by atoms with E-state index < -0.39 is 76.1 Å². The molecule has 2 aromatic rings. The maximum Gasteiger partial charge on any atom is 0.413 e. The number of hydrogen-bond acceptors (Lipinski definition) is 8. The van der Waals surface area contributed by atoms with Gasteiger partial charge in [0.05, 0.1) is 13.2 Å². The topological polar surface area (TPSA) is 118 Å². The number of carbonyl (C=O) groups excluding carboxylic acids is 1. The van der Waals surface area contributed by atoms with Crippen LogP contribution >= 0.6 is 7.60 Å². The first-order valence-corrected chi connectivity index (χ1v) is 11.7. The summed E-state index contributed by atoms with van der Waals surface area (Å²) in [6.07, 6.45) is -11.9. The predicted octanol–water partition coefficient (Wildman–Crippen LogP) is 4.46. The molecule has 0 saturated heterocycles. The van der Waals surface area contributed by atoms with E-state index in [2.05, 4.69) is 14.0 Å². The second-order valence-corrected chi connectivity index (χ2v) is 9.02. The minimum Gasteiger partial charge on any atom is -0.444 e. The van der Waals surface area contributed by atoms with E-state index in [4.69, 9.17) is 9.47 Å². The molecule has 0 aliphatic heterocycles. The first-order valence-electron chi connectivity index (χ1n) is 10.00. The van der Waals surface area contributed by atoms with Crippen molar-refractivity contribution in [1.82, 2.24) is 9.55 Å². The van der Waals surface area contributed by atoms with E-state index in [1.807, 2.05) is 5.32 Å². The molecule has 18 heteroatoms. The summed E-state index contributed by atoms with van der Waals surface area (Å²) in [7, 11) is -5.01. The maximum absolute atomic E-state index is 14.2. The Morgan fingerprint density at radius 1 is 1.03 bits per heavy atom. The minimum atomic E-state index is -5.02. The molecule has 1 N–H and O–H groups in total. The summed E-state index contributed by atoms with van der Waals surface area (Å²) in [6.45, 7) is -5.63. The van der Waals surface area contributed by atoms with Crippen LogP contribution in [0, 0.1) is 5.82 Å². The van der Waals surface area contributed by atoms with Gasteiger partial charge in [-0.25, -0.2) is 14.0 Å². The van der Waals surface area contributed by atoms with E-state index in [1.54, 1.807) is 30.3 Å². The van der Waals surface area contributed by atoms with Gasteiger partial charge in [-0.1, -0.05) is 30.3 Å². The van der Waals surface area contributed by atoms with E-state index in [9.17, 15) is 44.9 Å². The molecule has 1 heterocycles. The molecule has 0 unspecified atom stereocenters. The van der Waals surface area contributed by atoms with Crippen molar-refractivity contribution in [3.8, 4) is 0 Å². The molecule has 0 bridgehead atoms. The van der Waals surface area contributed by atoms with Crippen LogP contribution in [-0.2, 0) is 36.2 Å². The average Bonchev–Trinajstić information content (AvgIpc) is 2.81. The lowest BCUT2D eigenvalue weighted by atomic mass is 10.2. The summed E-state index contributed by atoms with van der Waals surface area (Å²) in [5, 5.41) is 1.94. The van der Waals surface area contributed by atoms with E-state index in [-0.39, 0.29) is 6.61 Å². The quantitative estimate of drug-likeness (QED) is 0.228. The number of anilines is 1. The Balaban J connectivity index is 1.91. The fourth-order valence-corrected chi connectivity index (χ4v) is 3.63. The number of halogens is 7. The van der Waals surface area contributed by atoms with Gasteiger partial charge >= 0.3 is 31.7 Å². The summed E-state index contributed by atoms with van der Waals surface area (Å²) in [5.74, 6) is -1.94. The van der Waals surface area contributed by atoms with Gasteiger partial charge in [0.2, 0.25) is 0 Å². The zero-order valence-electron chi connectivity index (χ0n) is 18.6. The SMILES string of the molecule is O=C(Nc1nc(=O)n(CCOCP(=O)(OCC(F)(F)F)OCC(F)(F)F)cc1F)OCc1ccccc1. The molecule has 0 radical (unpaired) electrons. The minimum absolute atomic E-state index is 0.147. The molecular weight excluding hydrogens is 546 g/mol. The summed E-state index contributed by atoms with van der Waals surface area (Å²) in [6, 6.07) is 8.47. The molecule has 1 aromatic carbocycles. The first-order chi connectivity index (χ1) is 17.2. The lowest BCUT2D eigenvalue weighted by molar-refractivity contribution is -0.166. The van der Waals surface area contributed by atoms with Crippen molar-refractivity contribution in [2.24, 2.45) is 0 Å². The number of benzene rings is 1. The van der Waals surface area contributed by atoms with Crippen molar-refractivity contribution >= 4 is 19.5 Å². The molecule has 37 heavy (non-hydrogen) atoms. The third kappa shape index (κ3) is 11.7. The maximum atomic E-state index is 14.2. The van der Waals surface area contributed by atoms with Crippen LogP contribution in [0.15, 0.2) is 41.3 Å². The Kier molecular flexibility index (Phi) is 10.6. The molecule has 1 aromatic heterocycles. The summed E-state index contributed by atoms with van der Waals surface area (Å²) >= 11 is 0. The Hall–Kier alpha value is -3.01. The van der Waals surface area contributed by atoms with Crippen LogP contribution in [0.2, 0.25) is 0 Å². The fourth-order valence-electron chi connectivity index (χ4n) is 2.36. The Morgan fingerprint density at radius 2 is 1.62 bits per heavy atom. The molecule has 0 aliphatic carbocycles. The predicted molar refractivity (Wildman–Crippen MR) is 111 cm³/mol. The number of carbonyl (C=O) groups is 1. The number of hydrogen-bond donors (Lipinski definition) is 1. The molecule has 0 fully saturated rings. The second kappa shape index (κ2) is 13.0. The highest BCUT2D eigenvalue weighted by atomic mass is 31.2. The molecule has 0 aliphatic rings.